The minimum absolute atomic E-state index is 0.954. The van der Waals surface area contributed by atoms with Crippen LogP contribution in [0.1, 0.15) is 24.1 Å². The van der Waals surface area contributed by atoms with E-state index in [-0.39, 0.29) is 0 Å². The summed E-state index contributed by atoms with van der Waals surface area (Å²) in [7, 11) is 0. The van der Waals surface area contributed by atoms with Crippen molar-refractivity contribution >= 4 is 28.4 Å². The first-order chi connectivity index (χ1) is 7.36. The average molecular weight is 237 g/mol. The largest absolute Gasteiger partial charge is 0.377 e. The van der Waals surface area contributed by atoms with Crippen LogP contribution in [-0.2, 0) is 0 Å². The highest BCUT2D eigenvalue weighted by molar-refractivity contribution is 7.81. The predicted molar refractivity (Wildman–Crippen MR) is 70.6 cm³/mol. The fraction of sp³-hybridized carbons (Fsp3) is 0.417. The first-order valence-electron chi connectivity index (χ1n) is 5.36. The van der Waals surface area contributed by atoms with E-state index in [4.69, 9.17) is 12.2 Å². The van der Waals surface area contributed by atoms with Crippen molar-refractivity contribution in [1.29, 1.82) is 0 Å². The molecule has 1 aliphatic rings. The molecule has 0 aliphatic carbocycles. The third kappa shape index (κ3) is 3.14. The minimum Gasteiger partial charge on any atom is -0.377 e. The quantitative estimate of drug-likeness (QED) is 0.450. The third-order valence-electron chi connectivity index (χ3n) is 2.59. The minimum atomic E-state index is 0.954. The standard InChI is InChI=1S/C12H15NS2/c14-11(12-5-4-10-15-12)6-9-13-7-2-1-3-8-13/h4-6,9-10H,1-3,7-8H2. The molecule has 0 spiro atoms. The van der Waals surface area contributed by atoms with Gasteiger partial charge in [0.05, 0.1) is 4.86 Å². The third-order valence-corrected chi connectivity index (χ3v) is 3.98. The Labute approximate surface area is 100 Å². The number of thiocarbonyl (C=S) groups is 1. The Balaban J connectivity index is 1.90. The zero-order valence-electron chi connectivity index (χ0n) is 8.69. The van der Waals surface area contributed by atoms with Gasteiger partial charge in [0.15, 0.2) is 0 Å². The van der Waals surface area contributed by atoms with Gasteiger partial charge in [-0.1, -0.05) is 18.3 Å². The molecular formula is C12H15NS2. The summed E-state index contributed by atoms with van der Waals surface area (Å²) in [6, 6.07) is 4.12. The van der Waals surface area contributed by atoms with Crippen molar-refractivity contribution in [3.8, 4) is 0 Å². The maximum Gasteiger partial charge on any atom is 0.0563 e. The molecule has 1 fully saturated rings. The summed E-state index contributed by atoms with van der Waals surface area (Å²) in [5.41, 5.74) is 0. The summed E-state index contributed by atoms with van der Waals surface area (Å²) in [5.74, 6) is 0. The van der Waals surface area contributed by atoms with Crippen LogP contribution in [0.4, 0.5) is 0 Å². The molecule has 15 heavy (non-hydrogen) atoms. The van der Waals surface area contributed by atoms with E-state index in [2.05, 4.69) is 28.6 Å². The molecule has 3 heteroatoms. The van der Waals surface area contributed by atoms with E-state index in [0.29, 0.717) is 0 Å². The summed E-state index contributed by atoms with van der Waals surface area (Å²) in [6.07, 6.45) is 8.22. The Bertz CT molecular complexity index is 335. The van der Waals surface area contributed by atoms with Crippen LogP contribution in [0.15, 0.2) is 29.8 Å². The summed E-state index contributed by atoms with van der Waals surface area (Å²) in [4.78, 5) is 4.51. The highest BCUT2D eigenvalue weighted by Crippen LogP contribution is 2.13. The van der Waals surface area contributed by atoms with Crippen LogP contribution >= 0.6 is 23.6 Å². The van der Waals surface area contributed by atoms with E-state index < -0.39 is 0 Å². The lowest BCUT2D eigenvalue weighted by molar-refractivity contribution is 0.310. The molecule has 1 aromatic heterocycles. The molecule has 1 nitrogen and oxygen atoms in total. The van der Waals surface area contributed by atoms with Gasteiger partial charge in [-0.15, -0.1) is 11.3 Å². The van der Waals surface area contributed by atoms with E-state index in [1.807, 2.05) is 6.07 Å². The van der Waals surface area contributed by atoms with Crippen LogP contribution < -0.4 is 0 Å². The van der Waals surface area contributed by atoms with Gasteiger partial charge in [0.1, 0.15) is 0 Å². The molecule has 0 saturated carbocycles. The second-order valence-electron chi connectivity index (χ2n) is 3.75. The summed E-state index contributed by atoms with van der Waals surface area (Å²) in [5, 5.41) is 2.07. The lowest BCUT2D eigenvalue weighted by atomic mass is 10.1. The summed E-state index contributed by atoms with van der Waals surface area (Å²) in [6.45, 7) is 2.37. The van der Waals surface area contributed by atoms with E-state index in [0.717, 1.165) is 4.86 Å². The van der Waals surface area contributed by atoms with Gasteiger partial charge in [0.2, 0.25) is 0 Å². The normalized spacial score (nSPS) is 17.2. The van der Waals surface area contributed by atoms with Gasteiger partial charge in [0, 0.05) is 24.2 Å². The van der Waals surface area contributed by atoms with Crippen LogP contribution in [0, 0.1) is 0 Å². The van der Waals surface area contributed by atoms with Gasteiger partial charge in [-0.05, 0) is 36.8 Å². The van der Waals surface area contributed by atoms with Gasteiger partial charge in [0.25, 0.3) is 0 Å². The Morgan fingerprint density at radius 2 is 2.13 bits per heavy atom. The van der Waals surface area contributed by atoms with E-state index >= 15 is 0 Å². The summed E-state index contributed by atoms with van der Waals surface area (Å²) >= 11 is 7.05. The van der Waals surface area contributed by atoms with Crippen molar-refractivity contribution in [2.24, 2.45) is 0 Å². The number of piperidine rings is 1. The highest BCUT2D eigenvalue weighted by atomic mass is 32.1. The number of nitrogens with zero attached hydrogens (tertiary/aromatic N) is 1. The molecule has 0 radical (unpaired) electrons. The van der Waals surface area contributed by atoms with Crippen molar-refractivity contribution in [3.05, 3.63) is 34.7 Å². The van der Waals surface area contributed by atoms with Crippen molar-refractivity contribution < 1.29 is 0 Å². The van der Waals surface area contributed by atoms with Crippen LogP contribution in [0.2, 0.25) is 0 Å². The number of allylic oxidation sites excluding steroid dienone is 1. The van der Waals surface area contributed by atoms with Crippen LogP contribution in [-0.4, -0.2) is 22.9 Å². The number of rotatable bonds is 3. The monoisotopic (exact) mass is 237 g/mol. The smallest absolute Gasteiger partial charge is 0.0563 e. The predicted octanol–water partition coefficient (Wildman–Crippen LogP) is 3.47. The molecule has 1 aromatic rings. The molecule has 2 rings (SSSR count). The topological polar surface area (TPSA) is 3.24 Å². The Hall–Kier alpha value is -0.670. The number of thiophene rings is 1. The zero-order valence-corrected chi connectivity index (χ0v) is 10.3. The SMILES string of the molecule is S=C(C=CN1CCCCC1)c1cccs1. The fourth-order valence-corrected chi connectivity index (χ4v) is 2.66. The number of hydrogen-bond donors (Lipinski definition) is 0. The lowest BCUT2D eigenvalue weighted by Crippen LogP contribution is -2.24. The molecule has 0 atom stereocenters. The molecule has 0 bridgehead atoms. The molecule has 0 N–H and O–H groups in total. The number of hydrogen-bond acceptors (Lipinski definition) is 3. The Kier molecular flexibility index (Phi) is 3.92. The van der Waals surface area contributed by atoms with Gasteiger partial charge in [-0.2, -0.15) is 0 Å². The maximum absolute atomic E-state index is 5.34. The molecule has 80 valence electrons. The van der Waals surface area contributed by atoms with Crippen molar-refractivity contribution in [2.75, 3.05) is 13.1 Å². The molecule has 0 amide bonds. The van der Waals surface area contributed by atoms with Crippen molar-refractivity contribution in [1.82, 2.24) is 4.90 Å². The highest BCUT2D eigenvalue weighted by Gasteiger charge is 2.05. The first-order valence-corrected chi connectivity index (χ1v) is 6.65. The van der Waals surface area contributed by atoms with Crippen molar-refractivity contribution in [2.45, 2.75) is 19.3 Å². The van der Waals surface area contributed by atoms with Gasteiger partial charge in [-0.25, -0.2) is 0 Å². The molecule has 0 unspecified atom stereocenters. The number of likely N-dealkylation sites (tertiary alicyclic amines) is 1. The summed E-state index contributed by atoms with van der Waals surface area (Å²) < 4.78 is 0. The van der Waals surface area contributed by atoms with Gasteiger partial charge in [-0.3, -0.25) is 0 Å². The van der Waals surface area contributed by atoms with E-state index in [1.54, 1.807) is 11.3 Å². The molecular weight excluding hydrogens is 222 g/mol. The maximum atomic E-state index is 5.34. The second kappa shape index (κ2) is 5.42. The van der Waals surface area contributed by atoms with Crippen molar-refractivity contribution in [3.63, 3.8) is 0 Å². The Morgan fingerprint density at radius 1 is 1.33 bits per heavy atom. The van der Waals surface area contributed by atoms with Gasteiger partial charge >= 0.3 is 0 Å². The van der Waals surface area contributed by atoms with Crippen LogP contribution in [0.5, 0.6) is 0 Å². The van der Waals surface area contributed by atoms with Crippen LogP contribution in [0.3, 0.4) is 0 Å². The average Bonchev–Trinajstić information content (AvgIpc) is 2.81. The second-order valence-corrected chi connectivity index (χ2v) is 5.14. The molecule has 0 aromatic carbocycles. The Morgan fingerprint density at radius 3 is 2.80 bits per heavy atom. The zero-order chi connectivity index (χ0) is 10.5. The fourth-order valence-electron chi connectivity index (χ4n) is 1.74. The molecule has 1 saturated heterocycles. The lowest BCUT2D eigenvalue weighted by Gasteiger charge is -2.24. The first kappa shape index (κ1) is 10.8. The molecule has 1 aliphatic heterocycles. The van der Waals surface area contributed by atoms with E-state index in [9.17, 15) is 0 Å². The molecule has 2 heterocycles. The van der Waals surface area contributed by atoms with Crippen LogP contribution in [0.25, 0.3) is 0 Å². The van der Waals surface area contributed by atoms with Gasteiger partial charge < -0.3 is 4.90 Å². The van der Waals surface area contributed by atoms with E-state index in [1.165, 1.54) is 37.2 Å².